The van der Waals surface area contributed by atoms with E-state index >= 15 is 0 Å². The predicted octanol–water partition coefficient (Wildman–Crippen LogP) is 2.59. The summed E-state index contributed by atoms with van der Waals surface area (Å²) < 4.78 is 12.8. The van der Waals surface area contributed by atoms with Crippen molar-refractivity contribution in [1.82, 2.24) is 5.43 Å². The standard InChI is InChI=1S/C12H15FN2O/c1-3-9(2)8-14-15-12(16)10-5-4-6-11(13)7-10/h4-9H,3H2,1-2H3,(H,15,16)/b14-8+. The summed E-state index contributed by atoms with van der Waals surface area (Å²) in [5.74, 6) is -0.523. The highest BCUT2D eigenvalue weighted by molar-refractivity contribution is 5.94. The SMILES string of the molecule is CCC(C)/C=N/NC(=O)c1cccc(F)c1. The molecule has 1 amide bonds. The molecule has 4 heteroatoms. The molecular weight excluding hydrogens is 207 g/mol. The van der Waals surface area contributed by atoms with Gasteiger partial charge in [-0.2, -0.15) is 5.10 Å². The van der Waals surface area contributed by atoms with E-state index in [0.717, 1.165) is 6.42 Å². The molecule has 0 bridgehead atoms. The monoisotopic (exact) mass is 222 g/mol. The first-order valence-electron chi connectivity index (χ1n) is 5.22. The van der Waals surface area contributed by atoms with Gasteiger partial charge >= 0.3 is 0 Å². The molecule has 3 nitrogen and oxygen atoms in total. The molecule has 0 aliphatic carbocycles. The number of nitrogens with one attached hydrogen (secondary N) is 1. The van der Waals surface area contributed by atoms with E-state index in [9.17, 15) is 9.18 Å². The van der Waals surface area contributed by atoms with E-state index in [1.807, 2.05) is 13.8 Å². The minimum absolute atomic E-state index is 0.265. The molecule has 1 rings (SSSR count). The van der Waals surface area contributed by atoms with Crippen molar-refractivity contribution in [2.45, 2.75) is 20.3 Å². The lowest BCUT2D eigenvalue weighted by molar-refractivity contribution is 0.0954. The van der Waals surface area contributed by atoms with Gasteiger partial charge in [0.2, 0.25) is 0 Å². The molecule has 0 radical (unpaired) electrons. The lowest BCUT2D eigenvalue weighted by Crippen LogP contribution is -2.18. The minimum Gasteiger partial charge on any atom is -0.267 e. The van der Waals surface area contributed by atoms with Crippen LogP contribution in [0.4, 0.5) is 4.39 Å². The van der Waals surface area contributed by atoms with E-state index in [-0.39, 0.29) is 5.56 Å². The summed E-state index contributed by atoms with van der Waals surface area (Å²) in [5, 5.41) is 3.80. The van der Waals surface area contributed by atoms with Crippen LogP contribution in [0.3, 0.4) is 0 Å². The normalized spacial score (nSPS) is 12.7. The second kappa shape index (κ2) is 6.00. The van der Waals surface area contributed by atoms with Crippen molar-refractivity contribution in [2.24, 2.45) is 11.0 Å². The molecule has 0 saturated heterocycles. The van der Waals surface area contributed by atoms with Gasteiger partial charge in [-0.1, -0.05) is 19.9 Å². The van der Waals surface area contributed by atoms with Crippen LogP contribution in [0.5, 0.6) is 0 Å². The highest BCUT2D eigenvalue weighted by Crippen LogP contribution is 2.03. The molecule has 86 valence electrons. The Kier molecular flexibility index (Phi) is 4.64. The van der Waals surface area contributed by atoms with E-state index in [1.54, 1.807) is 6.21 Å². The van der Waals surface area contributed by atoms with Gasteiger partial charge in [0.15, 0.2) is 0 Å². The number of benzene rings is 1. The van der Waals surface area contributed by atoms with Crippen molar-refractivity contribution in [1.29, 1.82) is 0 Å². The Balaban J connectivity index is 2.56. The molecule has 1 aromatic carbocycles. The fourth-order valence-corrected chi connectivity index (χ4v) is 1.02. The Morgan fingerprint density at radius 3 is 3.00 bits per heavy atom. The summed E-state index contributed by atoms with van der Waals surface area (Å²) in [6, 6.07) is 5.49. The van der Waals surface area contributed by atoms with Crippen molar-refractivity contribution in [2.75, 3.05) is 0 Å². The molecule has 1 N–H and O–H groups in total. The van der Waals surface area contributed by atoms with Crippen molar-refractivity contribution < 1.29 is 9.18 Å². The maximum Gasteiger partial charge on any atom is 0.271 e. The van der Waals surface area contributed by atoms with Crippen LogP contribution in [-0.2, 0) is 0 Å². The van der Waals surface area contributed by atoms with Crippen LogP contribution in [0.2, 0.25) is 0 Å². The number of hydrogen-bond acceptors (Lipinski definition) is 2. The fraction of sp³-hybridized carbons (Fsp3) is 0.333. The van der Waals surface area contributed by atoms with Gasteiger partial charge in [-0.25, -0.2) is 9.82 Å². The van der Waals surface area contributed by atoms with Crippen LogP contribution in [-0.4, -0.2) is 12.1 Å². The molecule has 0 heterocycles. The minimum atomic E-state index is -0.432. The third-order valence-corrected chi connectivity index (χ3v) is 2.23. The molecule has 1 atom stereocenters. The zero-order valence-corrected chi connectivity index (χ0v) is 9.40. The van der Waals surface area contributed by atoms with Crippen LogP contribution in [0.25, 0.3) is 0 Å². The molecule has 0 fully saturated rings. The fourth-order valence-electron chi connectivity index (χ4n) is 1.02. The van der Waals surface area contributed by atoms with Gasteiger partial charge in [-0.3, -0.25) is 4.79 Å². The van der Waals surface area contributed by atoms with Gasteiger partial charge in [0, 0.05) is 11.8 Å². The molecule has 1 aromatic rings. The third-order valence-electron chi connectivity index (χ3n) is 2.23. The van der Waals surface area contributed by atoms with E-state index in [1.165, 1.54) is 24.3 Å². The Hall–Kier alpha value is -1.71. The largest absolute Gasteiger partial charge is 0.271 e. The van der Waals surface area contributed by atoms with Crippen molar-refractivity contribution in [3.63, 3.8) is 0 Å². The Labute approximate surface area is 94.4 Å². The first-order valence-corrected chi connectivity index (χ1v) is 5.22. The van der Waals surface area contributed by atoms with E-state index in [4.69, 9.17) is 0 Å². The zero-order valence-electron chi connectivity index (χ0n) is 9.40. The lowest BCUT2D eigenvalue weighted by Gasteiger charge is -2.01. The number of hydrogen-bond donors (Lipinski definition) is 1. The molecule has 0 aliphatic rings. The zero-order chi connectivity index (χ0) is 12.0. The summed E-state index contributed by atoms with van der Waals surface area (Å²) >= 11 is 0. The summed E-state index contributed by atoms with van der Waals surface area (Å²) in [6.45, 7) is 4.03. The first kappa shape index (κ1) is 12.4. The summed E-state index contributed by atoms with van der Waals surface area (Å²) in [7, 11) is 0. The Bertz CT molecular complexity index is 390. The number of hydrazone groups is 1. The molecule has 0 spiro atoms. The summed E-state index contributed by atoms with van der Waals surface area (Å²) in [6.07, 6.45) is 2.62. The van der Waals surface area contributed by atoms with Gasteiger partial charge in [-0.05, 0) is 30.5 Å². The molecular formula is C12H15FN2O. The van der Waals surface area contributed by atoms with Crippen LogP contribution in [0, 0.1) is 11.7 Å². The molecule has 1 unspecified atom stereocenters. The average Bonchev–Trinajstić information content (AvgIpc) is 2.28. The Morgan fingerprint density at radius 2 is 2.38 bits per heavy atom. The number of carbonyl (C=O) groups excluding carboxylic acids is 1. The van der Waals surface area contributed by atoms with Crippen LogP contribution in [0.15, 0.2) is 29.4 Å². The van der Waals surface area contributed by atoms with Crippen LogP contribution in [0.1, 0.15) is 30.6 Å². The van der Waals surface area contributed by atoms with Gasteiger partial charge in [-0.15, -0.1) is 0 Å². The summed E-state index contributed by atoms with van der Waals surface area (Å²) in [4.78, 5) is 11.5. The number of rotatable bonds is 4. The lowest BCUT2D eigenvalue weighted by atomic mass is 10.1. The highest BCUT2D eigenvalue weighted by atomic mass is 19.1. The van der Waals surface area contributed by atoms with Crippen molar-refractivity contribution in [3.8, 4) is 0 Å². The quantitative estimate of drug-likeness (QED) is 0.617. The van der Waals surface area contributed by atoms with Gasteiger partial charge in [0.05, 0.1) is 0 Å². The average molecular weight is 222 g/mol. The molecule has 0 aromatic heterocycles. The van der Waals surface area contributed by atoms with Crippen LogP contribution >= 0.6 is 0 Å². The van der Waals surface area contributed by atoms with E-state index < -0.39 is 11.7 Å². The third kappa shape index (κ3) is 3.81. The second-order valence-electron chi connectivity index (χ2n) is 3.61. The predicted molar refractivity (Wildman–Crippen MR) is 61.8 cm³/mol. The van der Waals surface area contributed by atoms with Crippen molar-refractivity contribution >= 4 is 12.1 Å². The topological polar surface area (TPSA) is 41.5 Å². The molecule has 0 aliphatic heterocycles. The first-order chi connectivity index (χ1) is 7.63. The van der Waals surface area contributed by atoms with Crippen molar-refractivity contribution in [3.05, 3.63) is 35.6 Å². The second-order valence-corrected chi connectivity index (χ2v) is 3.61. The smallest absolute Gasteiger partial charge is 0.267 e. The van der Waals surface area contributed by atoms with E-state index in [0.29, 0.717) is 5.92 Å². The Morgan fingerprint density at radius 1 is 1.62 bits per heavy atom. The molecule has 0 saturated carbocycles. The molecule has 16 heavy (non-hydrogen) atoms. The maximum atomic E-state index is 12.8. The highest BCUT2D eigenvalue weighted by Gasteiger charge is 2.04. The van der Waals surface area contributed by atoms with Gasteiger partial charge < -0.3 is 0 Å². The number of amides is 1. The summed E-state index contributed by atoms with van der Waals surface area (Å²) in [5.41, 5.74) is 2.62. The number of carbonyl (C=O) groups is 1. The number of nitrogens with zero attached hydrogens (tertiary/aromatic N) is 1. The van der Waals surface area contributed by atoms with E-state index in [2.05, 4.69) is 10.5 Å². The number of halogens is 1. The van der Waals surface area contributed by atoms with Gasteiger partial charge in [0.1, 0.15) is 5.82 Å². The van der Waals surface area contributed by atoms with Crippen LogP contribution < -0.4 is 5.43 Å². The van der Waals surface area contributed by atoms with Gasteiger partial charge in [0.25, 0.3) is 5.91 Å². The maximum absolute atomic E-state index is 12.8.